The third kappa shape index (κ3) is 6.03. The Morgan fingerprint density at radius 3 is 2.37 bits per heavy atom. The number of benzene rings is 1. The fourth-order valence-electron chi connectivity index (χ4n) is 6.10. The van der Waals surface area contributed by atoms with E-state index in [-0.39, 0.29) is 18.0 Å². The van der Waals surface area contributed by atoms with Crippen LogP contribution in [0.1, 0.15) is 50.6 Å². The number of ether oxygens (including phenoxy) is 1. The number of nitrogens with zero attached hydrogens (tertiary/aromatic N) is 5. The quantitative estimate of drug-likeness (QED) is 0.389. The molecule has 1 aromatic carbocycles. The molecule has 38 heavy (non-hydrogen) atoms. The molecule has 1 atom stereocenters. The first-order chi connectivity index (χ1) is 18.4. The van der Waals surface area contributed by atoms with E-state index < -0.39 is 11.9 Å². The van der Waals surface area contributed by atoms with Crippen LogP contribution in [0.15, 0.2) is 23.0 Å². The van der Waals surface area contributed by atoms with Gasteiger partial charge in [0.2, 0.25) is 11.8 Å². The molecule has 208 valence electrons. The molecule has 10 heteroatoms. The Labute approximate surface area is 224 Å². The SMILES string of the molecule is CCN1CCN(CCCOC2CCN(Cc3ccc4c(c3)n(C)c(=O)n4C3CCC(=O)NC3=O)CC2)CC1. The number of fused-ring (bicyclic) bond motifs is 1. The van der Waals surface area contributed by atoms with E-state index in [1.807, 2.05) is 12.1 Å². The maximum Gasteiger partial charge on any atom is 0.329 e. The summed E-state index contributed by atoms with van der Waals surface area (Å²) in [5, 5.41) is 2.36. The number of piperazine rings is 1. The van der Waals surface area contributed by atoms with Gasteiger partial charge in [0.1, 0.15) is 6.04 Å². The number of hydrogen-bond donors (Lipinski definition) is 1. The van der Waals surface area contributed by atoms with Crippen LogP contribution >= 0.6 is 0 Å². The van der Waals surface area contributed by atoms with Crippen molar-refractivity contribution in [3.05, 3.63) is 34.2 Å². The molecule has 3 aliphatic heterocycles. The number of aryl methyl sites for hydroxylation is 1. The van der Waals surface area contributed by atoms with Gasteiger partial charge in [0.15, 0.2) is 0 Å². The van der Waals surface area contributed by atoms with E-state index >= 15 is 0 Å². The summed E-state index contributed by atoms with van der Waals surface area (Å²) >= 11 is 0. The van der Waals surface area contributed by atoms with Crippen molar-refractivity contribution in [1.82, 2.24) is 29.2 Å². The molecule has 0 spiro atoms. The number of hydrogen-bond acceptors (Lipinski definition) is 7. The van der Waals surface area contributed by atoms with Crippen LogP contribution in [0.5, 0.6) is 0 Å². The molecule has 5 rings (SSSR count). The lowest BCUT2D eigenvalue weighted by Crippen LogP contribution is -2.46. The first-order valence-electron chi connectivity index (χ1n) is 14.2. The van der Waals surface area contributed by atoms with E-state index in [1.54, 1.807) is 11.6 Å². The summed E-state index contributed by atoms with van der Waals surface area (Å²) in [6.45, 7) is 12.9. The van der Waals surface area contributed by atoms with E-state index in [0.717, 1.165) is 75.2 Å². The fourth-order valence-corrected chi connectivity index (χ4v) is 6.10. The molecule has 10 nitrogen and oxygen atoms in total. The number of piperidine rings is 2. The van der Waals surface area contributed by atoms with E-state index in [4.69, 9.17) is 4.74 Å². The Kier molecular flexibility index (Phi) is 8.62. The Hall–Kier alpha value is -2.53. The van der Waals surface area contributed by atoms with Gasteiger partial charge in [0, 0.05) is 72.4 Å². The molecule has 4 heterocycles. The van der Waals surface area contributed by atoms with Gasteiger partial charge in [-0.1, -0.05) is 13.0 Å². The van der Waals surface area contributed by atoms with Gasteiger partial charge in [-0.05, 0) is 49.9 Å². The van der Waals surface area contributed by atoms with Crippen LogP contribution in [0.25, 0.3) is 11.0 Å². The van der Waals surface area contributed by atoms with E-state index in [2.05, 4.69) is 33.0 Å². The number of nitrogens with one attached hydrogen (secondary N) is 1. The molecule has 1 aromatic heterocycles. The first-order valence-corrected chi connectivity index (χ1v) is 14.2. The van der Waals surface area contributed by atoms with Crippen molar-refractivity contribution >= 4 is 22.8 Å². The molecule has 0 radical (unpaired) electrons. The van der Waals surface area contributed by atoms with Crippen LogP contribution in [0.2, 0.25) is 0 Å². The molecule has 0 saturated carbocycles. The van der Waals surface area contributed by atoms with Gasteiger partial charge in [0.25, 0.3) is 0 Å². The summed E-state index contributed by atoms with van der Waals surface area (Å²) < 4.78 is 9.36. The van der Waals surface area contributed by atoms with Crippen molar-refractivity contribution in [3.63, 3.8) is 0 Å². The molecule has 3 fully saturated rings. The minimum absolute atomic E-state index is 0.229. The largest absolute Gasteiger partial charge is 0.378 e. The molecule has 1 unspecified atom stereocenters. The lowest BCUT2D eigenvalue weighted by Gasteiger charge is -2.34. The molecule has 0 bridgehead atoms. The molecule has 3 saturated heterocycles. The number of aromatic nitrogens is 2. The Bertz CT molecular complexity index is 1190. The zero-order valence-corrected chi connectivity index (χ0v) is 22.9. The highest BCUT2D eigenvalue weighted by Crippen LogP contribution is 2.25. The van der Waals surface area contributed by atoms with Crippen LogP contribution in [0, 0.1) is 0 Å². The summed E-state index contributed by atoms with van der Waals surface area (Å²) in [6.07, 6.45) is 4.12. The molecule has 0 aliphatic carbocycles. The summed E-state index contributed by atoms with van der Waals surface area (Å²) in [7, 11) is 1.74. The van der Waals surface area contributed by atoms with E-state index in [9.17, 15) is 14.4 Å². The number of rotatable bonds is 9. The lowest BCUT2D eigenvalue weighted by atomic mass is 10.1. The molecule has 2 aromatic rings. The highest BCUT2D eigenvalue weighted by Gasteiger charge is 2.31. The standard InChI is InChI=1S/C28H42N6O4/c1-3-31-14-16-32(17-15-31)11-4-18-38-22-9-12-33(13-10-22)20-21-5-6-23-25(19-21)30(2)28(37)34(23)24-7-8-26(35)29-27(24)36/h5-6,19,22,24H,3-4,7-18,20H2,1-2H3,(H,29,35,36). The first kappa shape index (κ1) is 27.1. The second-order valence-electron chi connectivity index (χ2n) is 11.0. The number of amides is 2. The highest BCUT2D eigenvalue weighted by atomic mass is 16.5. The van der Waals surface area contributed by atoms with E-state index in [1.165, 1.54) is 30.7 Å². The van der Waals surface area contributed by atoms with Crippen LogP contribution in [0.3, 0.4) is 0 Å². The summed E-state index contributed by atoms with van der Waals surface area (Å²) in [4.78, 5) is 44.5. The fraction of sp³-hybridized carbons (Fsp3) is 0.679. The lowest BCUT2D eigenvalue weighted by molar-refractivity contribution is -0.135. The normalized spacial score (nSPS) is 22.8. The van der Waals surface area contributed by atoms with E-state index in [0.29, 0.717) is 12.5 Å². The average molecular weight is 527 g/mol. The van der Waals surface area contributed by atoms with Crippen molar-refractivity contribution in [2.24, 2.45) is 7.05 Å². The van der Waals surface area contributed by atoms with Gasteiger partial charge >= 0.3 is 5.69 Å². The van der Waals surface area contributed by atoms with Crippen molar-refractivity contribution in [2.75, 3.05) is 59.0 Å². The molecular formula is C28H42N6O4. The second-order valence-corrected chi connectivity index (χ2v) is 11.0. The Morgan fingerprint density at radius 2 is 1.66 bits per heavy atom. The number of carbonyl (C=O) groups is 2. The maximum absolute atomic E-state index is 13.0. The number of likely N-dealkylation sites (tertiary alicyclic amines) is 1. The van der Waals surface area contributed by atoms with Gasteiger partial charge in [-0.2, -0.15) is 0 Å². The van der Waals surface area contributed by atoms with Crippen molar-refractivity contribution in [2.45, 2.75) is 57.7 Å². The maximum atomic E-state index is 13.0. The summed E-state index contributed by atoms with van der Waals surface area (Å²) in [5.74, 6) is -0.683. The van der Waals surface area contributed by atoms with Crippen LogP contribution in [-0.2, 0) is 27.9 Å². The van der Waals surface area contributed by atoms with Gasteiger partial charge < -0.3 is 14.5 Å². The van der Waals surface area contributed by atoms with Crippen LogP contribution in [0.4, 0.5) is 0 Å². The van der Waals surface area contributed by atoms with Crippen molar-refractivity contribution in [1.29, 1.82) is 0 Å². The van der Waals surface area contributed by atoms with Crippen molar-refractivity contribution < 1.29 is 14.3 Å². The molecule has 2 amide bonds. The second kappa shape index (κ2) is 12.1. The predicted octanol–water partition coefficient (Wildman–Crippen LogP) is 1.33. The Balaban J connectivity index is 1.10. The topological polar surface area (TPSA) is 92.1 Å². The van der Waals surface area contributed by atoms with Gasteiger partial charge in [-0.3, -0.25) is 28.9 Å². The minimum Gasteiger partial charge on any atom is -0.378 e. The number of likely N-dealkylation sites (N-methyl/N-ethyl adjacent to an activating group) is 1. The molecule has 1 N–H and O–H groups in total. The zero-order valence-electron chi connectivity index (χ0n) is 22.9. The van der Waals surface area contributed by atoms with Crippen LogP contribution in [-0.4, -0.2) is 101 Å². The average Bonchev–Trinajstić information content (AvgIpc) is 3.17. The molecular weight excluding hydrogens is 484 g/mol. The Morgan fingerprint density at radius 1 is 0.921 bits per heavy atom. The molecule has 3 aliphatic rings. The summed E-state index contributed by atoms with van der Waals surface area (Å²) in [5.41, 5.74) is 2.46. The summed E-state index contributed by atoms with van der Waals surface area (Å²) in [6, 6.07) is 5.39. The number of imide groups is 1. The number of carbonyl (C=O) groups excluding carboxylic acids is 2. The zero-order chi connectivity index (χ0) is 26.6. The predicted molar refractivity (Wildman–Crippen MR) is 146 cm³/mol. The van der Waals surface area contributed by atoms with Gasteiger partial charge in [0.05, 0.1) is 17.1 Å². The van der Waals surface area contributed by atoms with Gasteiger partial charge in [-0.15, -0.1) is 0 Å². The third-order valence-corrected chi connectivity index (χ3v) is 8.50. The van der Waals surface area contributed by atoms with Crippen molar-refractivity contribution in [3.8, 4) is 0 Å². The van der Waals surface area contributed by atoms with Crippen LogP contribution < -0.4 is 11.0 Å². The van der Waals surface area contributed by atoms with Gasteiger partial charge in [-0.25, -0.2) is 4.79 Å². The monoisotopic (exact) mass is 526 g/mol. The highest BCUT2D eigenvalue weighted by molar-refractivity contribution is 6.00. The third-order valence-electron chi connectivity index (χ3n) is 8.50. The minimum atomic E-state index is -0.653. The number of imidazole rings is 1. The smallest absolute Gasteiger partial charge is 0.329 e.